The third-order valence-electron chi connectivity index (χ3n) is 9.77. The van der Waals surface area contributed by atoms with Gasteiger partial charge in [0.1, 0.15) is 0 Å². The van der Waals surface area contributed by atoms with Gasteiger partial charge in [0, 0.05) is 0 Å². The minimum atomic E-state index is -5.09. The summed E-state index contributed by atoms with van der Waals surface area (Å²) in [6.07, 6.45) is 11.9. The maximum atomic E-state index is 17.9. The minimum absolute atomic E-state index is 0.134. The molecule has 2 aliphatic carbocycles. The van der Waals surface area contributed by atoms with Crippen molar-refractivity contribution in [1.82, 2.24) is 0 Å². The predicted molar refractivity (Wildman–Crippen MR) is 202 cm³/mol. The predicted octanol–water partition coefficient (Wildman–Crippen LogP) is 11.2. The van der Waals surface area contributed by atoms with Crippen LogP contribution in [0.5, 0.6) is 0 Å². The Morgan fingerprint density at radius 3 is 1.24 bits per heavy atom. The van der Waals surface area contributed by atoms with Crippen LogP contribution < -0.4 is 17.5 Å². The van der Waals surface area contributed by atoms with Gasteiger partial charge in [0.2, 0.25) is 0 Å². The van der Waals surface area contributed by atoms with Crippen LogP contribution >= 0.6 is 0 Å². The first-order valence-electron chi connectivity index (χ1n) is 17.8. The summed E-state index contributed by atoms with van der Waals surface area (Å²) < 4.78 is 70.6. The summed E-state index contributed by atoms with van der Waals surface area (Å²) in [6.45, 7) is 13.1. The summed E-state index contributed by atoms with van der Waals surface area (Å²) in [5.74, 6) is -2.83. The van der Waals surface area contributed by atoms with Crippen molar-refractivity contribution in [2.24, 2.45) is 11.8 Å². The fourth-order valence-corrected chi connectivity index (χ4v) is 15.7. The first-order chi connectivity index (χ1) is 24.4. The Kier molecular flexibility index (Phi) is 10.9. The molecule has 4 aromatic carbocycles. The molecule has 4 aromatic rings. The van der Waals surface area contributed by atoms with E-state index in [0.717, 1.165) is 22.5 Å². The van der Waals surface area contributed by atoms with E-state index in [0.29, 0.717) is 33.7 Å². The van der Waals surface area contributed by atoms with Gasteiger partial charge in [-0.25, -0.2) is 0 Å². The summed E-state index contributed by atoms with van der Waals surface area (Å²) >= 11 is -5.09. The standard InChI is InChI=1S/2C17H18F2N.2C5H5.Ti/c2*1-12(2)11-20(15-7-4-13(3)5-8-15)17-9-6-14(18)10-16(17)19;2*1-2-4-5-3-1;/h2*4-9,12H,11H2,1-3H3;2*1-3H,4H2;. The van der Waals surface area contributed by atoms with Crippen molar-refractivity contribution in [3.05, 3.63) is 151 Å². The summed E-state index contributed by atoms with van der Waals surface area (Å²) in [5, 5.41) is 0. The Hall–Kier alpha value is -4.13. The average Bonchev–Trinajstić information content (AvgIpc) is 3.83. The molecule has 0 spiro atoms. The molecule has 0 unspecified atom stereocenters. The molecule has 0 atom stereocenters. The van der Waals surface area contributed by atoms with E-state index in [1.165, 1.54) is 24.3 Å². The molecule has 51 heavy (non-hydrogen) atoms. The van der Waals surface area contributed by atoms with E-state index in [9.17, 15) is 0 Å². The van der Waals surface area contributed by atoms with E-state index in [-0.39, 0.29) is 30.9 Å². The molecule has 0 N–H and O–H groups in total. The topological polar surface area (TPSA) is 6.48 Å². The average molecular weight is 727 g/mol. The number of rotatable bonds is 12. The SMILES string of the molecule is Cc1ccc(N(CC(C)C)c2ccc(F)[c]([Ti]([C]3=CC=CC3)([C]3=CC=CC3)[c]3c(F)ccc(N(CC(C)C)c4ccc(C)cc4)c3F)c2F)cc1. The van der Waals surface area contributed by atoms with Crippen molar-refractivity contribution in [3.63, 3.8) is 0 Å². The van der Waals surface area contributed by atoms with E-state index in [1.807, 2.05) is 136 Å². The molecule has 0 fully saturated rings. The van der Waals surface area contributed by atoms with Gasteiger partial charge in [0.15, 0.2) is 0 Å². The van der Waals surface area contributed by atoms with Crippen LogP contribution in [0.2, 0.25) is 0 Å². The van der Waals surface area contributed by atoms with Gasteiger partial charge in [0.25, 0.3) is 0 Å². The molecule has 0 radical (unpaired) electrons. The van der Waals surface area contributed by atoms with Crippen molar-refractivity contribution in [1.29, 1.82) is 0 Å². The Labute approximate surface area is 303 Å². The quantitative estimate of drug-likeness (QED) is 0.106. The number of hydrogen-bond donors (Lipinski definition) is 0. The molecule has 0 aromatic heterocycles. The molecule has 7 heteroatoms. The van der Waals surface area contributed by atoms with Crippen LogP contribution in [0.4, 0.5) is 40.3 Å². The number of allylic oxidation sites excluding steroid dienone is 8. The fraction of sp³-hybridized carbons (Fsp3) is 0.273. The molecule has 0 amide bonds. The Balaban J connectivity index is 1.69. The van der Waals surface area contributed by atoms with Gasteiger partial charge in [-0.2, -0.15) is 0 Å². The van der Waals surface area contributed by atoms with Crippen molar-refractivity contribution in [2.75, 3.05) is 22.9 Å². The number of hydrogen-bond acceptors (Lipinski definition) is 2. The maximum absolute atomic E-state index is 17.9. The van der Waals surface area contributed by atoms with E-state index in [2.05, 4.69) is 0 Å². The van der Waals surface area contributed by atoms with Gasteiger partial charge in [-0.3, -0.25) is 0 Å². The van der Waals surface area contributed by atoms with Crippen LogP contribution in [-0.2, 0) is 16.6 Å². The number of benzene rings is 4. The van der Waals surface area contributed by atoms with Crippen molar-refractivity contribution in [2.45, 2.75) is 54.4 Å². The molecule has 0 aliphatic heterocycles. The van der Waals surface area contributed by atoms with Gasteiger partial charge in [-0.1, -0.05) is 0 Å². The summed E-state index contributed by atoms with van der Waals surface area (Å²) in [7, 11) is 0. The Morgan fingerprint density at radius 1 is 0.549 bits per heavy atom. The number of anilines is 4. The molecule has 0 saturated heterocycles. The second-order valence-corrected chi connectivity index (χ2v) is 20.5. The zero-order valence-corrected chi connectivity index (χ0v) is 31.8. The Morgan fingerprint density at radius 2 is 0.922 bits per heavy atom. The zero-order valence-electron chi connectivity index (χ0n) is 30.3. The summed E-state index contributed by atoms with van der Waals surface area (Å²) in [5.41, 5.74) is 4.01. The number of aryl methyl sites for hydroxylation is 2. The van der Waals surface area contributed by atoms with E-state index in [4.69, 9.17) is 0 Å². The Bertz CT molecular complexity index is 1880. The summed E-state index contributed by atoms with van der Waals surface area (Å²) in [4.78, 5) is 3.73. The fourth-order valence-electron chi connectivity index (χ4n) is 7.48. The second-order valence-electron chi connectivity index (χ2n) is 14.6. The van der Waals surface area contributed by atoms with E-state index in [1.54, 1.807) is 0 Å². The van der Waals surface area contributed by atoms with Gasteiger partial charge in [-0.15, -0.1) is 0 Å². The second kappa shape index (κ2) is 15.2. The molecule has 2 aliphatic rings. The van der Waals surface area contributed by atoms with Crippen molar-refractivity contribution >= 4 is 30.5 Å². The van der Waals surface area contributed by atoms with Crippen LogP contribution in [-0.4, -0.2) is 13.1 Å². The number of halogens is 4. The van der Waals surface area contributed by atoms with Gasteiger partial charge in [-0.05, 0) is 0 Å². The van der Waals surface area contributed by atoms with Crippen molar-refractivity contribution < 1.29 is 34.2 Å². The normalized spacial score (nSPS) is 14.1. The van der Waals surface area contributed by atoms with Gasteiger partial charge in [0.05, 0.1) is 0 Å². The molecule has 0 saturated carbocycles. The first-order valence-corrected chi connectivity index (χ1v) is 20.9. The molecule has 0 bridgehead atoms. The molecular weight excluding hydrogens is 680 g/mol. The van der Waals surface area contributed by atoms with Crippen LogP contribution in [0.3, 0.4) is 0 Å². The van der Waals surface area contributed by atoms with Gasteiger partial charge >= 0.3 is 305 Å². The van der Waals surface area contributed by atoms with Crippen molar-refractivity contribution in [3.8, 4) is 0 Å². The molecular formula is C44H46F4N2Ti. The molecule has 0 heterocycles. The van der Waals surface area contributed by atoms with E-state index < -0.39 is 39.9 Å². The number of nitrogens with zero attached hydrogens (tertiary/aromatic N) is 2. The molecule has 6 rings (SSSR count). The van der Waals surface area contributed by atoms with Crippen LogP contribution in [0, 0.1) is 49.0 Å². The van der Waals surface area contributed by atoms with Crippen LogP contribution in [0.25, 0.3) is 0 Å². The van der Waals surface area contributed by atoms with Gasteiger partial charge < -0.3 is 0 Å². The molecule has 2 nitrogen and oxygen atoms in total. The van der Waals surface area contributed by atoms with E-state index >= 15 is 17.6 Å². The van der Waals surface area contributed by atoms with Crippen LogP contribution in [0.1, 0.15) is 51.7 Å². The van der Waals surface area contributed by atoms with Crippen LogP contribution in [0.15, 0.2) is 117 Å². The third kappa shape index (κ3) is 7.06. The molecule has 264 valence electrons. The zero-order chi connectivity index (χ0) is 36.4. The summed E-state index contributed by atoms with van der Waals surface area (Å²) in [6, 6.07) is 21.1. The first kappa shape index (κ1) is 36.7. The third-order valence-corrected chi connectivity index (χ3v) is 17.7. The monoisotopic (exact) mass is 726 g/mol.